The Morgan fingerprint density at radius 3 is 2.92 bits per heavy atom. The highest BCUT2D eigenvalue weighted by Gasteiger charge is 2.29. The summed E-state index contributed by atoms with van der Waals surface area (Å²) in [5.41, 5.74) is 1.00. The molecule has 1 saturated heterocycles. The Labute approximate surface area is 158 Å². The Hall–Kier alpha value is -1.39. The summed E-state index contributed by atoms with van der Waals surface area (Å²) in [6.45, 7) is 0. The topological polar surface area (TPSA) is 109 Å². The van der Waals surface area contributed by atoms with Gasteiger partial charge in [-0.25, -0.2) is 13.4 Å². The Kier molecular flexibility index (Phi) is 4.83. The number of aromatic nitrogens is 2. The quantitative estimate of drug-likeness (QED) is 0.577. The zero-order valence-corrected chi connectivity index (χ0v) is 16.5. The number of nitrogens with zero attached hydrogens (tertiary/aromatic N) is 1. The lowest BCUT2D eigenvalue weighted by Gasteiger charge is -2.10. The first-order chi connectivity index (χ1) is 12.4. The number of aryl methyl sites for hydroxylation is 2. The van der Waals surface area contributed by atoms with Gasteiger partial charge in [-0.05, 0) is 37.7 Å². The van der Waals surface area contributed by atoms with Crippen LogP contribution in [0.5, 0.6) is 0 Å². The van der Waals surface area contributed by atoms with Crippen molar-refractivity contribution in [2.45, 2.75) is 43.3 Å². The summed E-state index contributed by atoms with van der Waals surface area (Å²) in [7, 11) is -3.02. The standard InChI is InChI=1S/C16H19N3O4S3/c20-12(17-9-5-6-26(22,23)8-9)7-24-16-18-14(21)13-10-3-1-2-4-11(10)25-15(13)19-16/h9H,1-8H2,(H,17,20)(H,18,19,21). The van der Waals surface area contributed by atoms with Gasteiger partial charge in [-0.2, -0.15) is 0 Å². The average molecular weight is 414 g/mol. The number of rotatable bonds is 4. The van der Waals surface area contributed by atoms with Crippen molar-refractivity contribution in [1.29, 1.82) is 0 Å². The normalized spacial score (nSPS) is 21.6. The number of aromatic amines is 1. The van der Waals surface area contributed by atoms with Crippen LogP contribution >= 0.6 is 23.1 Å². The fraction of sp³-hybridized carbons (Fsp3) is 0.562. The molecule has 1 amide bonds. The highest BCUT2D eigenvalue weighted by Crippen LogP contribution is 2.34. The maximum Gasteiger partial charge on any atom is 0.260 e. The molecule has 2 aromatic rings. The number of thiophene rings is 1. The number of H-pyrrole nitrogens is 1. The average Bonchev–Trinajstić information content (AvgIpc) is 3.12. The SMILES string of the molecule is O=C(CSc1nc2sc3c(c2c(=O)[nH]1)CCCC3)NC1CCS(=O)(=O)C1. The minimum atomic E-state index is -3.02. The lowest BCUT2D eigenvalue weighted by atomic mass is 9.97. The largest absolute Gasteiger partial charge is 0.352 e. The van der Waals surface area contributed by atoms with Crippen LogP contribution in [0.2, 0.25) is 0 Å². The predicted octanol–water partition coefficient (Wildman–Crippen LogP) is 1.26. The van der Waals surface area contributed by atoms with Crippen LogP contribution in [0.15, 0.2) is 9.95 Å². The van der Waals surface area contributed by atoms with Crippen molar-refractivity contribution in [3.05, 3.63) is 20.8 Å². The number of sulfone groups is 1. The summed E-state index contributed by atoms with van der Waals surface area (Å²) in [6.07, 6.45) is 4.65. The number of amides is 1. The van der Waals surface area contributed by atoms with E-state index >= 15 is 0 Å². The second kappa shape index (κ2) is 6.97. The fourth-order valence-corrected chi connectivity index (χ4v) is 7.19. The smallest absolute Gasteiger partial charge is 0.260 e. The van der Waals surface area contributed by atoms with E-state index in [2.05, 4.69) is 15.3 Å². The van der Waals surface area contributed by atoms with Crippen LogP contribution in [-0.4, -0.2) is 47.6 Å². The lowest BCUT2D eigenvalue weighted by Crippen LogP contribution is -2.36. The molecule has 26 heavy (non-hydrogen) atoms. The van der Waals surface area contributed by atoms with Gasteiger partial charge in [0.15, 0.2) is 15.0 Å². The number of thioether (sulfide) groups is 1. The Balaban J connectivity index is 1.44. The number of fused-ring (bicyclic) bond motifs is 3. The van der Waals surface area contributed by atoms with E-state index in [1.165, 1.54) is 16.6 Å². The molecule has 0 saturated carbocycles. The molecule has 2 aromatic heterocycles. The van der Waals surface area contributed by atoms with Crippen LogP contribution in [-0.2, 0) is 27.5 Å². The molecule has 3 heterocycles. The summed E-state index contributed by atoms with van der Waals surface area (Å²) in [5, 5.41) is 3.87. The van der Waals surface area contributed by atoms with E-state index in [1.54, 1.807) is 11.3 Å². The molecule has 1 fully saturated rings. The molecule has 140 valence electrons. The highest BCUT2D eigenvalue weighted by atomic mass is 32.2. The lowest BCUT2D eigenvalue weighted by molar-refractivity contribution is -0.119. The molecule has 1 aliphatic carbocycles. The van der Waals surface area contributed by atoms with E-state index in [4.69, 9.17) is 0 Å². The zero-order valence-electron chi connectivity index (χ0n) is 14.0. The first-order valence-electron chi connectivity index (χ1n) is 8.58. The van der Waals surface area contributed by atoms with Crippen molar-refractivity contribution < 1.29 is 13.2 Å². The van der Waals surface area contributed by atoms with Gasteiger partial charge >= 0.3 is 0 Å². The van der Waals surface area contributed by atoms with Crippen molar-refractivity contribution in [1.82, 2.24) is 15.3 Å². The number of nitrogens with one attached hydrogen (secondary N) is 2. The van der Waals surface area contributed by atoms with E-state index in [0.29, 0.717) is 17.0 Å². The summed E-state index contributed by atoms with van der Waals surface area (Å²) >= 11 is 2.74. The van der Waals surface area contributed by atoms with Gasteiger partial charge in [-0.3, -0.25) is 9.59 Å². The minimum absolute atomic E-state index is 0.00516. The molecule has 0 bridgehead atoms. The van der Waals surface area contributed by atoms with Crippen molar-refractivity contribution in [2.75, 3.05) is 17.3 Å². The first kappa shape index (κ1) is 18.0. The van der Waals surface area contributed by atoms with Gasteiger partial charge in [0.2, 0.25) is 5.91 Å². The third-order valence-electron chi connectivity index (χ3n) is 4.74. The van der Waals surface area contributed by atoms with Crippen LogP contribution in [0.4, 0.5) is 0 Å². The van der Waals surface area contributed by atoms with E-state index in [0.717, 1.165) is 36.1 Å². The van der Waals surface area contributed by atoms with E-state index in [1.807, 2.05) is 0 Å². The molecule has 10 heteroatoms. The molecule has 4 rings (SSSR count). The van der Waals surface area contributed by atoms with Gasteiger partial charge in [-0.1, -0.05) is 11.8 Å². The Morgan fingerprint density at radius 2 is 2.15 bits per heavy atom. The van der Waals surface area contributed by atoms with E-state index in [-0.39, 0.29) is 34.8 Å². The number of hydrogen-bond donors (Lipinski definition) is 2. The molecule has 1 unspecified atom stereocenters. The molecule has 0 spiro atoms. The second-order valence-corrected chi connectivity index (χ2v) is 11.0. The van der Waals surface area contributed by atoms with Crippen LogP contribution in [0.3, 0.4) is 0 Å². The molecular formula is C16H19N3O4S3. The van der Waals surface area contributed by atoms with E-state index in [9.17, 15) is 18.0 Å². The predicted molar refractivity (Wildman–Crippen MR) is 103 cm³/mol. The van der Waals surface area contributed by atoms with Crippen molar-refractivity contribution in [3.63, 3.8) is 0 Å². The van der Waals surface area contributed by atoms with Crippen LogP contribution < -0.4 is 10.9 Å². The fourth-order valence-electron chi connectivity index (χ4n) is 3.52. The Morgan fingerprint density at radius 1 is 1.35 bits per heavy atom. The summed E-state index contributed by atoms with van der Waals surface area (Å²) < 4.78 is 22.9. The summed E-state index contributed by atoms with van der Waals surface area (Å²) in [6, 6.07) is -0.313. The highest BCUT2D eigenvalue weighted by molar-refractivity contribution is 7.99. The minimum Gasteiger partial charge on any atom is -0.352 e. The summed E-state index contributed by atoms with van der Waals surface area (Å²) in [5.74, 6) is -0.0219. The molecule has 1 atom stereocenters. The van der Waals surface area contributed by atoms with Crippen molar-refractivity contribution in [2.24, 2.45) is 0 Å². The third kappa shape index (κ3) is 3.67. The van der Waals surface area contributed by atoms with Gasteiger partial charge < -0.3 is 10.3 Å². The molecule has 1 aliphatic heterocycles. The molecular weight excluding hydrogens is 394 g/mol. The van der Waals surface area contributed by atoms with Crippen LogP contribution in [0.25, 0.3) is 10.2 Å². The van der Waals surface area contributed by atoms with Gasteiger partial charge in [0, 0.05) is 10.9 Å². The first-order valence-corrected chi connectivity index (χ1v) is 12.2. The molecule has 7 nitrogen and oxygen atoms in total. The third-order valence-corrected chi connectivity index (χ3v) is 8.57. The number of carbonyl (C=O) groups excluding carboxylic acids is 1. The maximum atomic E-state index is 12.5. The molecule has 2 N–H and O–H groups in total. The zero-order chi connectivity index (χ0) is 18.3. The van der Waals surface area contributed by atoms with E-state index < -0.39 is 9.84 Å². The maximum absolute atomic E-state index is 12.5. The van der Waals surface area contributed by atoms with Gasteiger partial charge in [0.05, 0.1) is 22.6 Å². The molecule has 0 aromatic carbocycles. The van der Waals surface area contributed by atoms with Gasteiger partial charge in [0.25, 0.3) is 5.56 Å². The van der Waals surface area contributed by atoms with Gasteiger partial charge in [0.1, 0.15) is 4.83 Å². The summed E-state index contributed by atoms with van der Waals surface area (Å²) in [4.78, 5) is 33.8. The van der Waals surface area contributed by atoms with Crippen molar-refractivity contribution >= 4 is 49.1 Å². The van der Waals surface area contributed by atoms with Crippen LogP contribution in [0.1, 0.15) is 29.7 Å². The van der Waals surface area contributed by atoms with Crippen molar-refractivity contribution in [3.8, 4) is 0 Å². The number of carbonyl (C=O) groups is 1. The number of hydrogen-bond acceptors (Lipinski definition) is 7. The second-order valence-electron chi connectivity index (χ2n) is 6.72. The van der Waals surface area contributed by atoms with Crippen LogP contribution in [0, 0.1) is 0 Å². The molecule has 0 radical (unpaired) electrons. The van der Waals surface area contributed by atoms with Gasteiger partial charge in [-0.15, -0.1) is 11.3 Å². The molecule has 2 aliphatic rings. The monoisotopic (exact) mass is 413 g/mol. The Bertz CT molecular complexity index is 1030.